The topological polar surface area (TPSA) is 17.8 Å². The molecule has 0 saturated carbocycles. The van der Waals surface area contributed by atoms with Crippen LogP contribution in [-0.4, -0.2) is 9.78 Å². The summed E-state index contributed by atoms with van der Waals surface area (Å²) in [4.78, 5) is 0. The van der Waals surface area contributed by atoms with Crippen LogP contribution in [0.3, 0.4) is 0 Å². The minimum absolute atomic E-state index is 1.07. The van der Waals surface area contributed by atoms with Crippen molar-refractivity contribution in [3.8, 4) is 11.3 Å². The number of aryl methyl sites for hydroxylation is 2. The lowest BCUT2D eigenvalue weighted by atomic mass is 10.1. The second-order valence-electron chi connectivity index (χ2n) is 3.20. The van der Waals surface area contributed by atoms with Gasteiger partial charge in [-0.2, -0.15) is 5.10 Å². The largest absolute Gasteiger partial charge is 0.275 e. The maximum absolute atomic E-state index is 4.40. The number of aromatic nitrogens is 2. The van der Waals surface area contributed by atoms with Crippen LogP contribution in [0.2, 0.25) is 0 Å². The van der Waals surface area contributed by atoms with E-state index >= 15 is 0 Å². The van der Waals surface area contributed by atoms with Gasteiger partial charge < -0.3 is 0 Å². The number of rotatable bonds is 1. The van der Waals surface area contributed by atoms with E-state index in [2.05, 4.69) is 24.2 Å². The number of hydrogen-bond acceptors (Lipinski definition) is 1. The molecule has 1 aromatic heterocycles. The Morgan fingerprint density at radius 2 is 1.67 bits per heavy atom. The summed E-state index contributed by atoms with van der Waals surface area (Å²) in [6.07, 6.45) is 2.03. The number of nitrogens with zero attached hydrogens (tertiary/aromatic N) is 2. The van der Waals surface area contributed by atoms with Crippen LogP contribution in [0.5, 0.6) is 0 Å². The molecule has 0 aliphatic carbocycles. The van der Waals surface area contributed by atoms with Gasteiger partial charge in [-0.15, -0.1) is 0 Å². The summed E-state index contributed by atoms with van der Waals surface area (Å²) in [6, 6.07) is 10.2. The van der Waals surface area contributed by atoms with E-state index < -0.39 is 0 Å². The van der Waals surface area contributed by atoms with E-state index in [1.165, 1.54) is 11.1 Å². The first-order chi connectivity index (χ1) is 7.27. The highest BCUT2D eigenvalue weighted by Crippen LogP contribution is 2.19. The Morgan fingerprint density at radius 3 is 2.13 bits per heavy atom. The van der Waals surface area contributed by atoms with Crippen LogP contribution in [0.1, 0.15) is 19.4 Å². The molecule has 2 heteroatoms. The normalized spacial score (nSPS) is 9.33. The van der Waals surface area contributed by atoms with E-state index in [1.54, 1.807) is 0 Å². The summed E-state index contributed by atoms with van der Waals surface area (Å²) in [5.41, 5.74) is 3.47. The lowest BCUT2D eigenvalue weighted by Gasteiger charge is -1.96. The monoisotopic (exact) mass is 202 g/mol. The van der Waals surface area contributed by atoms with E-state index in [9.17, 15) is 0 Å². The van der Waals surface area contributed by atoms with E-state index in [0.29, 0.717) is 0 Å². The van der Waals surface area contributed by atoms with E-state index in [1.807, 2.05) is 50.0 Å². The van der Waals surface area contributed by atoms with Gasteiger partial charge in [-0.25, -0.2) is 0 Å². The first kappa shape index (κ1) is 11.5. The molecule has 2 nitrogen and oxygen atoms in total. The molecule has 15 heavy (non-hydrogen) atoms. The van der Waals surface area contributed by atoms with Crippen molar-refractivity contribution in [3.05, 3.63) is 42.1 Å². The van der Waals surface area contributed by atoms with Crippen molar-refractivity contribution >= 4 is 0 Å². The molecule has 0 aliphatic rings. The molecule has 0 spiro atoms. The van der Waals surface area contributed by atoms with Crippen LogP contribution in [0.25, 0.3) is 11.3 Å². The van der Waals surface area contributed by atoms with Crippen molar-refractivity contribution in [1.29, 1.82) is 0 Å². The third-order valence-electron chi connectivity index (χ3n) is 2.06. The minimum atomic E-state index is 1.07. The van der Waals surface area contributed by atoms with Gasteiger partial charge in [-0.3, -0.25) is 4.68 Å². The average molecular weight is 202 g/mol. The fourth-order valence-corrected chi connectivity index (χ4v) is 1.49. The highest BCUT2D eigenvalue weighted by molar-refractivity contribution is 5.61. The molecule has 0 bridgehead atoms. The van der Waals surface area contributed by atoms with Gasteiger partial charge in [-0.1, -0.05) is 44.2 Å². The molecule has 0 amide bonds. The van der Waals surface area contributed by atoms with Crippen molar-refractivity contribution in [3.63, 3.8) is 0 Å². The average Bonchev–Trinajstić information content (AvgIpc) is 2.62. The summed E-state index contributed by atoms with van der Waals surface area (Å²) in [5.74, 6) is 0. The van der Waals surface area contributed by atoms with Gasteiger partial charge in [0.05, 0.1) is 5.69 Å². The van der Waals surface area contributed by atoms with Gasteiger partial charge >= 0.3 is 0 Å². The highest BCUT2D eigenvalue weighted by atomic mass is 15.2. The zero-order valence-corrected chi connectivity index (χ0v) is 9.86. The standard InChI is InChI=1S/C11H12N2.C2H6/c1-9-8-13(2)12-11(9)10-6-4-3-5-7-10;1-2/h3-8H,1-2H3;1-2H3. The zero-order chi connectivity index (χ0) is 11.3. The Hall–Kier alpha value is -1.57. The van der Waals surface area contributed by atoms with Crippen molar-refractivity contribution in [2.45, 2.75) is 20.8 Å². The van der Waals surface area contributed by atoms with Gasteiger partial charge in [0.15, 0.2) is 0 Å². The maximum atomic E-state index is 4.40. The summed E-state index contributed by atoms with van der Waals surface area (Å²) < 4.78 is 1.84. The van der Waals surface area contributed by atoms with Crippen molar-refractivity contribution in [2.24, 2.45) is 7.05 Å². The van der Waals surface area contributed by atoms with Crippen LogP contribution in [-0.2, 0) is 7.05 Å². The molecular formula is C13H18N2. The Morgan fingerprint density at radius 1 is 1.07 bits per heavy atom. The predicted molar refractivity (Wildman–Crippen MR) is 64.7 cm³/mol. The zero-order valence-electron chi connectivity index (χ0n) is 9.86. The van der Waals surface area contributed by atoms with E-state index in [0.717, 1.165) is 5.69 Å². The maximum Gasteiger partial charge on any atom is 0.0952 e. The minimum Gasteiger partial charge on any atom is -0.275 e. The van der Waals surface area contributed by atoms with E-state index in [4.69, 9.17) is 0 Å². The predicted octanol–water partition coefficient (Wildman–Crippen LogP) is 3.42. The first-order valence-corrected chi connectivity index (χ1v) is 5.33. The smallest absolute Gasteiger partial charge is 0.0952 e. The van der Waals surface area contributed by atoms with Gasteiger partial charge in [0.1, 0.15) is 0 Å². The van der Waals surface area contributed by atoms with E-state index in [-0.39, 0.29) is 0 Å². The third-order valence-corrected chi connectivity index (χ3v) is 2.06. The van der Waals surface area contributed by atoms with Crippen molar-refractivity contribution in [2.75, 3.05) is 0 Å². The van der Waals surface area contributed by atoms with Crippen LogP contribution < -0.4 is 0 Å². The quantitative estimate of drug-likeness (QED) is 0.692. The summed E-state index contributed by atoms with van der Waals surface area (Å²) in [7, 11) is 1.94. The Bertz CT molecular complexity index is 402. The van der Waals surface area contributed by atoms with Gasteiger partial charge in [-0.05, 0) is 12.5 Å². The summed E-state index contributed by atoms with van der Waals surface area (Å²) in [5, 5.41) is 4.40. The van der Waals surface area contributed by atoms with Crippen LogP contribution in [0.15, 0.2) is 36.5 Å². The molecule has 80 valence electrons. The Labute approximate surface area is 91.6 Å². The third kappa shape index (κ3) is 2.69. The van der Waals surface area contributed by atoms with Gasteiger partial charge in [0, 0.05) is 18.8 Å². The second-order valence-corrected chi connectivity index (χ2v) is 3.20. The highest BCUT2D eigenvalue weighted by Gasteiger charge is 2.04. The fourth-order valence-electron chi connectivity index (χ4n) is 1.49. The Kier molecular flexibility index (Phi) is 4.10. The molecule has 1 heterocycles. The second kappa shape index (κ2) is 5.35. The molecule has 0 N–H and O–H groups in total. The van der Waals surface area contributed by atoms with Crippen molar-refractivity contribution < 1.29 is 0 Å². The van der Waals surface area contributed by atoms with Crippen molar-refractivity contribution in [1.82, 2.24) is 9.78 Å². The summed E-state index contributed by atoms with van der Waals surface area (Å²) >= 11 is 0. The molecule has 0 radical (unpaired) electrons. The molecule has 2 rings (SSSR count). The molecule has 0 saturated heterocycles. The van der Waals surface area contributed by atoms with Gasteiger partial charge in [0.2, 0.25) is 0 Å². The lowest BCUT2D eigenvalue weighted by Crippen LogP contribution is -1.87. The lowest BCUT2D eigenvalue weighted by molar-refractivity contribution is 0.770. The number of benzene rings is 1. The molecule has 1 aromatic carbocycles. The molecule has 2 aromatic rings. The molecule has 0 unspecified atom stereocenters. The Balaban J connectivity index is 0.000000531. The van der Waals surface area contributed by atoms with Crippen LogP contribution in [0.4, 0.5) is 0 Å². The first-order valence-electron chi connectivity index (χ1n) is 5.33. The molecule has 0 aliphatic heterocycles. The van der Waals surface area contributed by atoms with Crippen LogP contribution in [0, 0.1) is 6.92 Å². The molecular weight excluding hydrogens is 184 g/mol. The SMILES string of the molecule is CC.Cc1cn(C)nc1-c1ccccc1. The molecule has 0 fully saturated rings. The summed E-state index contributed by atoms with van der Waals surface area (Å²) in [6.45, 7) is 6.08. The van der Waals surface area contributed by atoms with Gasteiger partial charge in [0.25, 0.3) is 0 Å². The van der Waals surface area contributed by atoms with Crippen LogP contribution >= 0.6 is 0 Å². The number of hydrogen-bond donors (Lipinski definition) is 0. The molecule has 0 atom stereocenters. The fraction of sp³-hybridized carbons (Fsp3) is 0.308.